The molecule has 0 bridgehead atoms. The van der Waals surface area contributed by atoms with E-state index in [4.69, 9.17) is 9.84 Å². The van der Waals surface area contributed by atoms with E-state index in [9.17, 15) is 9.59 Å². The van der Waals surface area contributed by atoms with Gasteiger partial charge in [0.1, 0.15) is 5.75 Å². The SMILES string of the molecule is CC1CN(C(=O)COc2ccc(Br)cc2Br)CC1C(=O)O. The molecule has 1 aliphatic rings. The Morgan fingerprint density at radius 1 is 1.38 bits per heavy atom. The van der Waals surface area contributed by atoms with Gasteiger partial charge >= 0.3 is 5.97 Å². The molecule has 0 aliphatic carbocycles. The maximum atomic E-state index is 12.1. The smallest absolute Gasteiger partial charge is 0.308 e. The van der Waals surface area contributed by atoms with Crippen molar-refractivity contribution in [2.24, 2.45) is 11.8 Å². The first-order valence-corrected chi connectivity index (χ1v) is 8.05. The fourth-order valence-electron chi connectivity index (χ4n) is 2.31. The number of rotatable bonds is 4. The van der Waals surface area contributed by atoms with E-state index in [-0.39, 0.29) is 25.0 Å². The Bertz CT molecular complexity index is 564. The largest absolute Gasteiger partial charge is 0.483 e. The average molecular weight is 421 g/mol. The number of carbonyl (C=O) groups is 2. The van der Waals surface area contributed by atoms with Crippen LogP contribution in [0.15, 0.2) is 27.1 Å². The van der Waals surface area contributed by atoms with E-state index >= 15 is 0 Å². The van der Waals surface area contributed by atoms with Gasteiger partial charge in [-0.1, -0.05) is 22.9 Å². The highest BCUT2D eigenvalue weighted by Crippen LogP contribution is 2.28. The lowest BCUT2D eigenvalue weighted by atomic mass is 9.99. The number of carboxylic acid groups (broad SMARTS) is 1. The molecule has 114 valence electrons. The van der Waals surface area contributed by atoms with Crippen molar-refractivity contribution in [2.45, 2.75) is 6.92 Å². The minimum absolute atomic E-state index is 0.0362. The van der Waals surface area contributed by atoms with Crippen molar-refractivity contribution in [2.75, 3.05) is 19.7 Å². The number of likely N-dealkylation sites (tertiary alicyclic amines) is 1. The molecule has 0 spiro atoms. The summed E-state index contributed by atoms with van der Waals surface area (Å²) in [6.07, 6.45) is 0. The summed E-state index contributed by atoms with van der Waals surface area (Å²) in [6.45, 7) is 2.46. The van der Waals surface area contributed by atoms with Crippen molar-refractivity contribution < 1.29 is 19.4 Å². The summed E-state index contributed by atoms with van der Waals surface area (Å²) >= 11 is 6.70. The van der Waals surface area contributed by atoms with Crippen LogP contribution in [-0.2, 0) is 9.59 Å². The van der Waals surface area contributed by atoms with Gasteiger partial charge in [-0.2, -0.15) is 0 Å². The van der Waals surface area contributed by atoms with Gasteiger partial charge < -0.3 is 14.7 Å². The summed E-state index contributed by atoms with van der Waals surface area (Å²) in [7, 11) is 0. The molecule has 21 heavy (non-hydrogen) atoms. The monoisotopic (exact) mass is 419 g/mol. The number of amides is 1. The molecule has 1 saturated heterocycles. The Morgan fingerprint density at radius 2 is 2.10 bits per heavy atom. The third kappa shape index (κ3) is 3.97. The van der Waals surface area contributed by atoms with Crippen molar-refractivity contribution in [1.82, 2.24) is 4.90 Å². The van der Waals surface area contributed by atoms with Gasteiger partial charge in [0.05, 0.1) is 10.4 Å². The molecule has 5 nitrogen and oxygen atoms in total. The first-order chi connectivity index (χ1) is 9.88. The first-order valence-electron chi connectivity index (χ1n) is 6.47. The highest BCUT2D eigenvalue weighted by atomic mass is 79.9. The van der Waals surface area contributed by atoms with E-state index in [1.807, 2.05) is 19.1 Å². The molecule has 0 radical (unpaired) electrons. The van der Waals surface area contributed by atoms with E-state index < -0.39 is 11.9 Å². The molecule has 1 aliphatic heterocycles. The van der Waals surface area contributed by atoms with Crippen LogP contribution in [0.25, 0.3) is 0 Å². The number of halogens is 2. The van der Waals surface area contributed by atoms with Crippen LogP contribution in [0.1, 0.15) is 6.92 Å². The third-order valence-corrected chi connectivity index (χ3v) is 4.64. The second-order valence-corrected chi connectivity index (χ2v) is 6.85. The summed E-state index contributed by atoms with van der Waals surface area (Å²) in [5, 5.41) is 9.07. The van der Waals surface area contributed by atoms with Crippen LogP contribution < -0.4 is 4.74 Å². The molecule has 2 atom stereocenters. The number of aliphatic carboxylic acids is 1. The first kappa shape index (κ1) is 16.3. The second kappa shape index (κ2) is 6.79. The minimum Gasteiger partial charge on any atom is -0.483 e. The van der Waals surface area contributed by atoms with E-state index in [1.165, 1.54) is 0 Å². The van der Waals surface area contributed by atoms with Crippen LogP contribution in [0.4, 0.5) is 0 Å². The van der Waals surface area contributed by atoms with Gasteiger partial charge in [0.25, 0.3) is 5.91 Å². The zero-order valence-corrected chi connectivity index (χ0v) is 14.6. The number of carbonyl (C=O) groups excluding carboxylic acids is 1. The van der Waals surface area contributed by atoms with Gasteiger partial charge in [-0.25, -0.2) is 0 Å². The molecule has 2 unspecified atom stereocenters. The Morgan fingerprint density at radius 3 is 2.67 bits per heavy atom. The minimum atomic E-state index is -0.852. The number of carboxylic acids is 1. The third-order valence-electron chi connectivity index (χ3n) is 3.53. The molecule has 0 saturated carbocycles. The highest BCUT2D eigenvalue weighted by molar-refractivity contribution is 9.11. The van der Waals surface area contributed by atoms with Crippen LogP contribution >= 0.6 is 31.9 Å². The molecule has 2 rings (SSSR count). The van der Waals surface area contributed by atoms with Crippen molar-refractivity contribution in [3.05, 3.63) is 27.1 Å². The van der Waals surface area contributed by atoms with E-state index in [2.05, 4.69) is 31.9 Å². The van der Waals surface area contributed by atoms with Gasteiger partial charge in [-0.15, -0.1) is 0 Å². The summed E-state index contributed by atoms with van der Waals surface area (Å²) in [4.78, 5) is 24.7. The van der Waals surface area contributed by atoms with Gasteiger partial charge in [-0.3, -0.25) is 9.59 Å². The Hall–Kier alpha value is -1.08. The Kier molecular flexibility index (Phi) is 5.27. The summed E-state index contributed by atoms with van der Waals surface area (Å²) in [6, 6.07) is 5.41. The quantitative estimate of drug-likeness (QED) is 0.813. The molecule has 1 aromatic carbocycles. The number of ether oxygens (including phenoxy) is 1. The van der Waals surface area contributed by atoms with Crippen molar-refractivity contribution >= 4 is 43.7 Å². The lowest BCUT2D eigenvalue weighted by Gasteiger charge is -2.16. The number of nitrogens with zero attached hydrogens (tertiary/aromatic N) is 1. The van der Waals surface area contributed by atoms with E-state index in [0.717, 1.165) is 8.95 Å². The lowest BCUT2D eigenvalue weighted by Crippen LogP contribution is -2.33. The van der Waals surface area contributed by atoms with Crippen LogP contribution in [0.3, 0.4) is 0 Å². The van der Waals surface area contributed by atoms with Gasteiger partial charge in [0.15, 0.2) is 6.61 Å². The Labute approximate surface area is 139 Å². The van der Waals surface area contributed by atoms with Gasteiger partial charge in [0, 0.05) is 17.6 Å². The molecule has 1 heterocycles. The Balaban J connectivity index is 1.92. The summed E-state index contributed by atoms with van der Waals surface area (Å²) in [5.41, 5.74) is 0. The maximum Gasteiger partial charge on any atom is 0.308 e. The number of benzene rings is 1. The summed E-state index contributed by atoms with van der Waals surface area (Å²) < 4.78 is 7.15. The van der Waals surface area contributed by atoms with Crippen LogP contribution in [0.2, 0.25) is 0 Å². The highest BCUT2D eigenvalue weighted by Gasteiger charge is 2.36. The maximum absolute atomic E-state index is 12.1. The molecule has 0 aromatic heterocycles. The fourth-order valence-corrected chi connectivity index (χ4v) is 3.48. The molecular formula is C14H15Br2NO4. The molecule has 1 N–H and O–H groups in total. The van der Waals surface area contributed by atoms with Crippen LogP contribution in [0.5, 0.6) is 5.75 Å². The lowest BCUT2D eigenvalue weighted by molar-refractivity contribution is -0.142. The molecular weight excluding hydrogens is 406 g/mol. The zero-order chi connectivity index (χ0) is 15.6. The molecule has 7 heteroatoms. The number of hydrogen-bond donors (Lipinski definition) is 1. The van der Waals surface area contributed by atoms with Crippen LogP contribution in [-0.4, -0.2) is 41.6 Å². The zero-order valence-electron chi connectivity index (χ0n) is 11.4. The van der Waals surface area contributed by atoms with Gasteiger partial charge in [0.2, 0.25) is 0 Å². The summed E-state index contributed by atoms with van der Waals surface area (Å²) in [5.74, 6) is -0.998. The topological polar surface area (TPSA) is 66.8 Å². The second-order valence-electron chi connectivity index (χ2n) is 5.08. The predicted octanol–water partition coefficient (Wildman–Crippen LogP) is 2.77. The molecule has 1 aromatic rings. The normalized spacial score (nSPS) is 21.4. The van der Waals surface area contributed by atoms with Crippen molar-refractivity contribution in [3.63, 3.8) is 0 Å². The molecule has 1 amide bonds. The van der Waals surface area contributed by atoms with Crippen molar-refractivity contribution in [1.29, 1.82) is 0 Å². The average Bonchev–Trinajstić information content (AvgIpc) is 2.80. The predicted molar refractivity (Wildman–Crippen MR) is 84.2 cm³/mol. The van der Waals surface area contributed by atoms with Crippen molar-refractivity contribution in [3.8, 4) is 5.75 Å². The fraction of sp³-hybridized carbons (Fsp3) is 0.429. The standard InChI is InChI=1S/C14H15Br2NO4/c1-8-5-17(6-10(8)14(19)20)13(18)7-21-12-3-2-9(15)4-11(12)16/h2-4,8,10H,5-7H2,1H3,(H,19,20). The van der Waals surface area contributed by atoms with Gasteiger partial charge in [-0.05, 0) is 40.0 Å². The van der Waals surface area contributed by atoms with E-state index in [1.54, 1.807) is 11.0 Å². The number of hydrogen-bond acceptors (Lipinski definition) is 3. The molecule has 1 fully saturated rings. The van der Waals surface area contributed by atoms with Crippen LogP contribution in [0, 0.1) is 11.8 Å². The van der Waals surface area contributed by atoms with E-state index in [0.29, 0.717) is 12.3 Å².